The first-order valence-electron chi connectivity index (χ1n) is 6.03. The fourth-order valence-electron chi connectivity index (χ4n) is 1.76. The van der Waals surface area contributed by atoms with Crippen LogP contribution in [0.15, 0.2) is 34.1 Å². The van der Waals surface area contributed by atoms with E-state index in [0.717, 1.165) is 17.9 Å². The number of thiophene rings is 1. The summed E-state index contributed by atoms with van der Waals surface area (Å²) < 4.78 is 5.48. The van der Waals surface area contributed by atoms with Crippen molar-refractivity contribution < 1.29 is 9.21 Å². The summed E-state index contributed by atoms with van der Waals surface area (Å²) in [5.41, 5.74) is 0. The Morgan fingerprint density at radius 1 is 1.44 bits per heavy atom. The molecular formula is C14H17NO2S. The molecule has 0 spiro atoms. The second kappa shape index (κ2) is 5.87. The monoisotopic (exact) mass is 263 g/mol. The maximum absolute atomic E-state index is 11.8. The van der Waals surface area contributed by atoms with Crippen molar-refractivity contribution in [1.82, 2.24) is 5.32 Å². The minimum Gasteiger partial charge on any atom is -0.464 e. The lowest BCUT2D eigenvalue weighted by Gasteiger charge is -2.11. The van der Waals surface area contributed by atoms with Gasteiger partial charge in [-0.2, -0.15) is 0 Å². The molecule has 4 heteroatoms. The van der Waals surface area contributed by atoms with Crippen molar-refractivity contribution in [2.45, 2.75) is 32.7 Å². The van der Waals surface area contributed by atoms with Crippen LogP contribution in [-0.4, -0.2) is 5.91 Å². The lowest BCUT2D eigenvalue weighted by atomic mass is 10.2. The van der Waals surface area contributed by atoms with Gasteiger partial charge in [-0.15, -0.1) is 11.3 Å². The van der Waals surface area contributed by atoms with Gasteiger partial charge in [-0.25, -0.2) is 0 Å². The standard InChI is InChI=1S/C14H17NO2S/c1-10-5-7-13(17-10)11(2)15-14(16)8-6-12-4-3-9-18-12/h3-5,7,9,11H,6,8H2,1-2H3,(H,15,16). The van der Waals surface area contributed by atoms with E-state index in [9.17, 15) is 4.79 Å². The third-order valence-electron chi connectivity index (χ3n) is 2.74. The first-order chi connectivity index (χ1) is 8.65. The number of nitrogens with one attached hydrogen (secondary N) is 1. The van der Waals surface area contributed by atoms with Crippen LogP contribution in [0.4, 0.5) is 0 Å². The Labute approximate surface area is 111 Å². The van der Waals surface area contributed by atoms with Gasteiger partial charge in [-0.3, -0.25) is 4.79 Å². The SMILES string of the molecule is Cc1ccc(C(C)NC(=O)CCc2cccs2)o1. The van der Waals surface area contributed by atoms with E-state index in [1.165, 1.54) is 4.88 Å². The van der Waals surface area contributed by atoms with Crippen molar-refractivity contribution >= 4 is 17.2 Å². The molecule has 2 aromatic rings. The predicted octanol–water partition coefficient (Wildman–Crippen LogP) is 3.46. The highest BCUT2D eigenvalue weighted by Crippen LogP contribution is 2.16. The minimum absolute atomic E-state index is 0.0601. The van der Waals surface area contributed by atoms with Crippen molar-refractivity contribution in [3.8, 4) is 0 Å². The number of furan rings is 1. The van der Waals surface area contributed by atoms with Crippen molar-refractivity contribution in [3.63, 3.8) is 0 Å². The summed E-state index contributed by atoms with van der Waals surface area (Å²) >= 11 is 1.68. The summed E-state index contributed by atoms with van der Waals surface area (Å²) in [5, 5.41) is 4.97. The van der Waals surface area contributed by atoms with Gasteiger partial charge in [0.1, 0.15) is 11.5 Å². The Kier molecular flexibility index (Phi) is 4.20. The van der Waals surface area contributed by atoms with E-state index in [0.29, 0.717) is 6.42 Å². The average Bonchev–Trinajstić information content (AvgIpc) is 2.97. The number of aryl methyl sites for hydroxylation is 2. The molecule has 2 rings (SSSR count). The van der Waals surface area contributed by atoms with Crippen LogP contribution in [0.2, 0.25) is 0 Å². The van der Waals surface area contributed by atoms with Crippen LogP contribution in [0.5, 0.6) is 0 Å². The highest BCUT2D eigenvalue weighted by molar-refractivity contribution is 7.09. The summed E-state index contributed by atoms with van der Waals surface area (Å²) in [6, 6.07) is 7.79. The first-order valence-corrected chi connectivity index (χ1v) is 6.91. The molecule has 1 amide bonds. The van der Waals surface area contributed by atoms with E-state index < -0.39 is 0 Å². The second-order valence-electron chi connectivity index (χ2n) is 4.32. The maximum atomic E-state index is 11.8. The van der Waals surface area contributed by atoms with Crippen molar-refractivity contribution in [2.75, 3.05) is 0 Å². The molecule has 1 N–H and O–H groups in total. The smallest absolute Gasteiger partial charge is 0.220 e. The summed E-state index contributed by atoms with van der Waals surface area (Å²) in [6.07, 6.45) is 1.32. The van der Waals surface area contributed by atoms with Crippen LogP contribution in [0, 0.1) is 6.92 Å². The molecule has 96 valence electrons. The van der Waals surface area contributed by atoms with Crippen LogP contribution in [-0.2, 0) is 11.2 Å². The molecule has 0 aromatic carbocycles. The van der Waals surface area contributed by atoms with Gasteiger partial charge in [-0.1, -0.05) is 6.07 Å². The van der Waals surface area contributed by atoms with Gasteiger partial charge in [0.15, 0.2) is 0 Å². The molecule has 0 aliphatic carbocycles. The summed E-state index contributed by atoms with van der Waals surface area (Å²) in [5.74, 6) is 1.73. The number of rotatable bonds is 5. The molecule has 2 aromatic heterocycles. The molecule has 0 radical (unpaired) electrons. The van der Waals surface area contributed by atoms with Gasteiger partial charge in [-0.05, 0) is 43.8 Å². The quantitative estimate of drug-likeness (QED) is 0.897. The maximum Gasteiger partial charge on any atom is 0.220 e. The number of carbonyl (C=O) groups is 1. The van der Waals surface area contributed by atoms with Crippen molar-refractivity contribution in [3.05, 3.63) is 46.0 Å². The summed E-state index contributed by atoms with van der Waals surface area (Å²) in [7, 11) is 0. The van der Waals surface area contributed by atoms with E-state index >= 15 is 0 Å². The zero-order valence-corrected chi connectivity index (χ0v) is 11.4. The molecule has 0 saturated heterocycles. The third-order valence-corrected chi connectivity index (χ3v) is 3.68. The van der Waals surface area contributed by atoms with E-state index in [2.05, 4.69) is 11.4 Å². The average molecular weight is 263 g/mol. The lowest BCUT2D eigenvalue weighted by Crippen LogP contribution is -2.26. The summed E-state index contributed by atoms with van der Waals surface area (Å²) in [6.45, 7) is 3.83. The van der Waals surface area contributed by atoms with Gasteiger partial charge < -0.3 is 9.73 Å². The van der Waals surface area contributed by atoms with E-state index in [1.54, 1.807) is 11.3 Å². The van der Waals surface area contributed by atoms with Gasteiger partial charge in [0.25, 0.3) is 0 Å². The van der Waals surface area contributed by atoms with Crippen LogP contribution in [0.25, 0.3) is 0 Å². The molecule has 2 heterocycles. The van der Waals surface area contributed by atoms with Gasteiger partial charge in [0, 0.05) is 11.3 Å². The number of hydrogen-bond donors (Lipinski definition) is 1. The minimum atomic E-state index is -0.0745. The topological polar surface area (TPSA) is 42.2 Å². The Balaban J connectivity index is 1.80. The molecular weight excluding hydrogens is 246 g/mol. The highest BCUT2D eigenvalue weighted by Gasteiger charge is 2.12. The molecule has 0 aliphatic heterocycles. The van der Waals surface area contributed by atoms with Gasteiger partial charge in [0.2, 0.25) is 5.91 Å². The highest BCUT2D eigenvalue weighted by atomic mass is 32.1. The van der Waals surface area contributed by atoms with Crippen LogP contribution in [0.3, 0.4) is 0 Å². The van der Waals surface area contributed by atoms with Crippen LogP contribution < -0.4 is 5.32 Å². The first kappa shape index (κ1) is 12.9. The Bertz CT molecular complexity index is 502. The molecule has 18 heavy (non-hydrogen) atoms. The molecule has 0 saturated carbocycles. The molecule has 0 bridgehead atoms. The Hall–Kier alpha value is -1.55. The molecule has 3 nitrogen and oxygen atoms in total. The van der Waals surface area contributed by atoms with Gasteiger partial charge >= 0.3 is 0 Å². The van der Waals surface area contributed by atoms with Crippen molar-refractivity contribution in [2.24, 2.45) is 0 Å². The third kappa shape index (κ3) is 3.47. The van der Waals surface area contributed by atoms with Gasteiger partial charge in [0.05, 0.1) is 6.04 Å². The largest absolute Gasteiger partial charge is 0.464 e. The molecule has 0 aliphatic rings. The zero-order valence-electron chi connectivity index (χ0n) is 10.6. The number of amides is 1. The predicted molar refractivity (Wildman–Crippen MR) is 72.6 cm³/mol. The molecule has 1 atom stereocenters. The van der Waals surface area contributed by atoms with E-state index in [-0.39, 0.29) is 11.9 Å². The zero-order chi connectivity index (χ0) is 13.0. The fraction of sp³-hybridized carbons (Fsp3) is 0.357. The van der Waals surface area contributed by atoms with E-state index in [1.807, 2.05) is 37.4 Å². The number of hydrogen-bond acceptors (Lipinski definition) is 3. The Morgan fingerprint density at radius 2 is 2.28 bits per heavy atom. The van der Waals surface area contributed by atoms with Crippen LogP contribution in [0.1, 0.15) is 35.8 Å². The lowest BCUT2D eigenvalue weighted by molar-refractivity contribution is -0.121. The number of carbonyl (C=O) groups excluding carboxylic acids is 1. The fourth-order valence-corrected chi connectivity index (χ4v) is 2.47. The second-order valence-corrected chi connectivity index (χ2v) is 5.35. The molecule has 0 fully saturated rings. The van der Waals surface area contributed by atoms with Crippen molar-refractivity contribution in [1.29, 1.82) is 0 Å². The van der Waals surface area contributed by atoms with E-state index in [4.69, 9.17) is 4.42 Å². The molecule has 1 unspecified atom stereocenters. The normalized spacial score (nSPS) is 12.3. The Morgan fingerprint density at radius 3 is 2.89 bits per heavy atom. The van der Waals surface area contributed by atoms with Crippen LogP contribution >= 0.6 is 11.3 Å². The summed E-state index contributed by atoms with van der Waals surface area (Å²) in [4.78, 5) is 13.0.